The first-order valence-electron chi connectivity index (χ1n) is 6.08. The minimum atomic E-state index is -0.870. The molecule has 0 aromatic heterocycles. The van der Waals surface area contributed by atoms with E-state index in [2.05, 4.69) is 5.32 Å². The molecule has 1 amide bonds. The summed E-state index contributed by atoms with van der Waals surface area (Å²) in [5.41, 5.74) is 1.04. The van der Waals surface area contributed by atoms with E-state index in [0.29, 0.717) is 6.42 Å². The Morgan fingerprint density at radius 1 is 1.22 bits per heavy atom. The summed E-state index contributed by atoms with van der Waals surface area (Å²) >= 11 is 0. The van der Waals surface area contributed by atoms with E-state index in [1.54, 1.807) is 6.92 Å². The fourth-order valence-corrected chi connectivity index (χ4v) is 1.65. The molecule has 0 radical (unpaired) electrons. The van der Waals surface area contributed by atoms with Gasteiger partial charge in [0.05, 0.1) is 6.04 Å². The van der Waals surface area contributed by atoms with Gasteiger partial charge in [-0.3, -0.25) is 9.59 Å². The van der Waals surface area contributed by atoms with Crippen molar-refractivity contribution in [1.82, 2.24) is 5.32 Å². The van der Waals surface area contributed by atoms with Crippen molar-refractivity contribution in [3.63, 3.8) is 0 Å². The topological polar surface area (TPSA) is 66.4 Å². The average Bonchev–Trinajstić information content (AvgIpc) is 2.36. The number of aliphatic carboxylic acids is 1. The largest absolute Gasteiger partial charge is 0.481 e. The van der Waals surface area contributed by atoms with Crippen LogP contribution in [0.3, 0.4) is 0 Å². The number of hydrogen-bond donors (Lipinski definition) is 2. The predicted molar refractivity (Wildman–Crippen MR) is 69.0 cm³/mol. The summed E-state index contributed by atoms with van der Waals surface area (Å²) in [5, 5.41) is 11.5. The number of carbonyl (C=O) groups excluding carboxylic acids is 1. The summed E-state index contributed by atoms with van der Waals surface area (Å²) in [6, 6.07) is 9.61. The zero-order valence-electron chi connectivity index (χ0n) is 10.7. The molecule has 0 fully saturated rings. The molecule has 4 nitrogen and oxygen atoms in total. The van der Waals surface area contributed by atoms with Crippen LogP contribution in [0.25, 0.3) is 0 Å². The summed E-state index contributed by atoms with van der Waals surface area (Å²) < 4.78 is 0. The molecule has 0 aliphatic heterocycles. The van der Waals surface area contributed by atoms with E-state index in [1.165, 1.54) is 0 Å². The number of carboxylic acids is 1. The SMILES string of the molecule is CC(CCC(=O)O)C(=O)NC(C)c1ccccc1. The molecule has 1 rings (SSSR count). The molecule has 0 saturated heterocycles. The molecular formula is C14H19NO3. The van der Waals surface area contributed by atoms with Crippen LogP contribution in [0.1, 0.15) is 38.3 Å². The van der Waals surface area contributed by atoms with Gasteiger partial charge in [-0.2, -0.15) is 0 Å². The molecule has 98 valence electrons. The molecule has 0 aliphatic rings. The fraction of sp³-hybridized carbons (Fsp3) is 0.429. The van der Waals surface area contributed by atoms with Crippen molar-refractivity contribution in [3.05, 3.63) is 35.9 Å². The molecule has 0 heterocycles. The summed E-state index contributed by atoms with van der Waals surface area (Å²) in [6.45, 7) is 3.66. The van der Waals surface area contributed by atoms with Crippen LogP contribution in [0.5, 0.6) is 0 Å². The van der Waals surface area contributed by atoms with Crippen molar-refractivity contribution < 1.29 is 14.7 Å². The van der Waals surface area contributed by atoms with Crippen LogP contribution in [-0.4, -0.2) is 17.0 Å². The molecule has 2 unspecified atom stereocenters. The van der Waals surface area contributed by atoms with E-state index in [1.807, 2.05) is 37.3 Å². The van der Waals surface area contributed by atoms with E-state index >= 15 is 0 Å². The van der Waals surface area contributed by atoms with Gasteiger partial charge in [0.2, 0.25) is 5.91 Å². The molecular weight excluding hydrogens is 230 g/mol. The average molecular weight is 249 g/mol. The predicted octanol–water partition coefficient (Wildman–Crippen LogP) is 2.36. The van der Waals surface area contributed by atoms with E-state index in [0.717, 1.165) is 5.56 Å². The first kappa shape index (κ1) is 14.2. The van der Waals surface area contributed by atoms with Crippen molar-refractivity contribution in [3.8, 4) is 0 Å². The molecule has 0 bridgehead atoms. The van der Waals surface area contributed by atoms with Crippen LogP contribution in [0, 0.1) is 5.92 Å². The Kier molecular flexibility index (Phi) is 5.36. The Labute approximate surface area is 107 Å². The highest BCUT2D eigenvalue weighted by Gasteiger charge is 2.16. The smallest absolute Gasteiger partial charge is 0.303 e. The van der Waals surface area contributed by atoms with Crippen molar-refractivity contribution in [2.45, 2.75) is 32.7 Å². The maximum Gasteiger partial charge on any atom is 0.303 e. The summed E-state index contributed by atoms with van der Waals surface area (Å²) in [5.74, 6) is -1.26. The molecule has 4 heteroatoms. The third-order valence-electron chi connectivity index (χ3n) is 2.90. The number of amides is 1. The van der Waals surface area contributed by atoms with Crippen molar-refractivity contribution in [2.75, 3.05) is 0 Å². The molecule has 0 saturated carbocycles. The van der Waals surface area contributed by atoms with Gasteiger partial charge < -0.3 is 10.4 Å². The molecule has 2 N–H and O–H groups in total. The third kappa shape index (κ3) is 4.57. The maximum absolute atomic E-state index is 11.8. The van der Waals surface area contributed by atoms with Crippen LogP contribution in [0.15, 0.2) is 30.3 Å². The summed E-state index contributed by atoms with van der Waals surface area (Å²) in [6.07, 6.45) is 0.386. The Bertz CT molecular complexity index is 403. The number of carbonyl (C=O) groups is 2. The van der Waals surface area contributed by atoms with E-state index < -0.39 is 5.97 Å². The molecule has 0 spiro atoms. The van der Waals surface area contributed by atoms with Gasteiger partial charge in [-0.15, -0.1) is 0 Å². The number of nitrogens with one attached hydrogen (secondary N) is 1. The highest BCUT2D eigenvalue weighted by atomic mass is 16.4. The van der Waals surface area contributed by atoms with Gasteiger partial charge in [0, 0.05) is 12.3 Å². The van der Waals surface area contributed by atoms with Gasteiger partial charge in [0.1, 0.15) is 0 Å². The Balaban J connectivity index is 2.46. The first-order valence-corrected chi connectivity index (χ1v) is 6.08. The van der Waals surface area contributed by atoms with E-state index in [9.17, 15) is 9.59 Å². The lowest BCUT2D eigenvalue weighted by molar-refractivity contribution is -0.137. The highest BCUT2D eigenvalue weighted by molar-refractivity contribution is 5.79. The van der Waals surface area contributed by atoms with Gasteiger partial charge in [0.15, 0.2) is 0 Å². The summed E-state index contributed by atoms with van der Waals surface area (Å²) in [4.78, 5) is 22.3. The van der Waals surface area contributed by atoms with Gasteiger partial charge >= 0.3 is 5.97 Å². The van der Waals surface area contributed by atoms with Crippen molar-refractivity contribution in [2.24, 2.45) is 5.92 Å². The van der Waals surface area contributed by atoms with Crippen LogP contribution < -0.4 is 5.32 Å². The Morgan fingerprint density at radius 3 is 2.39 bits per heavy atom. The van der Waals surface area contributed by atoms with Crippen molar-refractivity contribution in [1.29, 1.82) is 0 Å². The first-order chi connectivity index (χ1) is 8.50. The second kappa shape index (κ2) is 6.79. The Hall–Kier alpha value is -1.84. The highest BCUT2D eigenvalue weighted by Crippen LogP contribution is 2.13. The number of carboxylic acid groups (broad SMARTS) is 1. The van der Waals surface area contributed by atoms with Crippen LogP contribution in [0.2, 0.25) is 0 Å². The van der Waals surface area contributed by atoms with E-state index in [4.69, 9.17) is 5.11 Å². The lowest BCUT2D eigenvalue weighted by Crippen LogP contribution is -2.31. The standard InChI is InChI=1S/C14H19NO3/c1-10(8-9-13(16)17)14(18)15-11(2)12-6-4-3-5-7-12/h3-7,10-11H,8-9H2,1-2H3,(H,15,18)(H,16,17). The quantitative estimate of drug-likeness (QED) is 0.813. The normalized spacial score (nSPS) is 13.7. The van der Waals surface area contributed by atoms with Gasteiger partial charge in [-0.05, 0) is 18.9 Å². The molecule has 1 aromatic rings. The number of hydrogen-bond acceptors (Lipinski definition) is 2. The van der Waals surface area contributed by atoms with Crippen LogP contribution in [-0.2, 0) is 9.59 Å². The van der Waals surface area contributed by atoms with Crippen molar-refractivity contribution >= 4 is 11.9 Å². The second-order valence-electron chi connectivity index (χ2n) is 4.47. The van der Waals surface area contributed by atoms with Gasteiger partial charge in [-0.1, -0.05) is 37.3 Å². The lowest BCUT2D eigenvalue weighted by Gasteiger charge is -2.17. The zero-order valence-corrected chi connectivity index (χ0v) is 10.7. The monoisotopic (exact) mass is 249 g/mol. The van der Waals surface area contributed by atoms with Gasteiger partial charge in [0.25, 0.3) is 0 Å². The zero-order chi connectivity index (χ0) is 13.5. The Morgan fingerprint density at radius 2 is 1.83 bits per heavy atom. The molecule has 0 aliphatic carbocycles. The number of benzene rings is 1. The fourth-order valence-electron chi connectivity index (χ4n) is 1.65. The van der Waals surface area contributed by atoms with E-state index in [-0.39, 0.29) is 24.3 Å². The van der Waals surface area contributed by atoms with Crippen LogP contribution in [0.4, 0.5) is 0 Å². The minimum absolute atomic E-state index is 0.0221. The second-order valence-corrected chi connectivity index (χ2v) is 4.47. The minimum Gasteiger partial charge on any atom is -0.481 e. The molecule has 2 atom stereocenters. The van der Waals surface area contributed by atoms with Crippen LogP contribution >= 0.6 is 0 Å². The number of rotatable bonds is 6. The molecule has 18 heavy (non-hydrogen) atoms. The maximum atomic E-state index is 11.8. The summed E-state index contributed by atoms with van der Waals surface area (Å²) in [7, 11) is 0. The molecule has 1 aromatic carbocycles. The van der Waals surface area contributed by atoms with Gasteiger partial charge in [-0.25, -0.2) is 0 Å². The third-order valence-corrected chi connectivity index (χ3v) is 2.90. The lowest BCUT2D eigenvalue weighted by atomic mass is 10.0.